The number of thioether (sulfide) groups is 1. The van der Waals surface area contributed by atoms with Crippen LogP contribution in [-0.4, -0.2) is 38.3 Å². The summed E-state index contributed by atoms with van der Waals surface area (Å²) < 4.78 is 24.7. The molecule has 1 aromatic carbocycles. The van der Waals surface area contributed by atoms with Gasteiger partial charge >= 0.3 is 0 Å². The maximum atomic E-state index is 12.2. The van der Waals surface area contributed by atoms with Gasteiger partial charge in [0.1, 0.15) is 0 Å². The molecule has 0 saturated heterocycles. The van der Waals surface area contributed by atoms with Gasteiger partial charge in [-0.25, -0.2) is 8.42 Å². The third-order valence-electron chi connectivity index (χ3n) is 4.04. The number of benzene rings is 1. The van der Waals surface area contributed by atoms with Crippen molar-refractivity contribution in [3.05, 3.63) is 29.8 Å². The van der Waals surface area contributed by atoms with Gasteiger partial charge in [0.2, 0.25) is 0 Å². The summed E-state index contributed by atoms with van der Waals surface area (Å²) in [5.41, 5.74) is 0.471. The summed E-state index contributed by atoms with van der Waals surface area (Å²) in [6.07, 6.45) is 5.81. The Bertz CT molecular complexity index is 609. The van der Waals surface area contributed by atoms with Crippen LogP contribution >= 0.6 is 11.8 Å². The summed E-state index contributed by atoms with van der Waals surface area (Å²) in [6.45, 7) is 1.34. The second kappa shape index (κ2) is 6.82. The van der Waals surface area contributed by atoms with Gasteiger partial charge in [-0.05, 0) is 43.4 Å². The number of rotatable bonds is 7. The van der Waals surface area contributed by atoms with E-state index in [9.17, 15) is 8.42 Å². The maximum Gasteiger partial charge on any atom is 0.179 e. The molecule has 21 heavy (non-hydrogen) atoms. The minimum atomic E-state index is -3.28. The molecule has 0 heterocycles. The molecule has 1 N–H and O–H groups in total. The first-order valence-corrected chi connectivity index (χ1v) is 9.88. The molecular weight excluding hydrogens is 304 g/mol. The van der Waals surface area contributed by atoms with Crippen molar-refractivity contribution in [2.45, 2.75) is 28.9 Å². The zero-order valence-electron chi connectivity index (χ0n) is 12.1. The molecule has 1 aromatic rings. The first-order chi connectivity index (χ1) is 10.0. The molecule has 0 radical (unpaired) electrons. The predicted molar refractivity (Wildman–Crippen MR) is 86.2 cm³/mol. The van der Waals surface area contributed by atoms with Gasteiger partial charge in [-0.1, -0.05) is 6.42 Å². The lowest BCUT2D eigenvalue weighted by Gasteiger charge is -2.40. The van der Waals surface area contributed by atoms with Crippen LogP contribution in [0.3, 0.4) is 0 Å². The highest BCUT2D eigenvalue weighted by molar-refractivity contribution is 8.00. The largest absolute Gasteiger partial charge is 0.314 e. The van der Waals surface area contributed by atoms with Gasteiger partial charge in [-0.2, -0.15) is 17.0 Å². The number of nitrogens with zero attached hydrogens (tertiary/aromatic N) is 1. The van der Waals surface area contributed by atoms with Gasteiger partial charge in [-0.15, -0.1) is 0 Å². The van der Waals surface area contributed by atoms with E-state index in [-0.39, 0.29) is 10.6 Å². The highest BCUT2D eigenvalue weighted by Crippen LogP contribution is 2.42. The van der Waals surface area contributed by atoms with E-state index in [1.807, 2.05) is 17.8 Å². The van der Waals surface area contributed by atoms with Crippen molar-refractivity contribution in [1.82, 2.24) is 5.32 Å². The minimum absolute atomic E-state index is 0.0867. The molecule has 0 atom stereocenters. The quantitative estimate of drug-likeness (QED) is 0.779. The number of hydrogen-bond donors (Lipinski definition) is 1. The Hall–Kier alpha value is -1.03. The van der Waals surface area contributed by atoms with Gasteiger partial charge in [0.05, 0.1) is 22.3 Å². The average molecular weight is 324 g/mol. The Morgan fingerprint density at radius 2 is 2.00 bits per heavy atom. The fourth-order valence-corrected chi connectivity index (χ4v) is 4.54. The lowest BCUT2D eigenvalue weighted by molar-refractivity contribution is 0.349. The molecule has 0 bridgehead atoms. The second-order valence-corrected chi connectivity index (χ2v) is 8.76. The van der Waals surface area contributed by atoms with Crippen molar-refractivity contribution < 1.29 is 8.42 Å². The predicted octanol–water partition coefficient (Wildman–Crippen LogP) is 2.21. The SMILES string of the molecule is CSC1(CNCCS(=O)(=O)c2ccc(C#N)cc2)CCC1. The van der Waals surface area contributed by atoms with E-state index in [4.69, 9.17) is 5.26 Å². The molecule has 1 fully saturated rings. The Morgan fingerprint density at radius 1 is 1.33 bits per heavy atom. The van der Waals surface area contributed by atoms with E-state index >= 15 is 0 Å². The molecule has 1 aliphatic rings. The van der Waals surface area contributed by atoms with E-state index in [0.29, 0.717) is 16.9 Å². The third-order valence-corrected chi connectivity index (χ3v) is 7.19. The van der Waals surface area contributed by atoms with Crippen LogP contribution in [0.4, 0.5) is 0 Å². The highest BCUT2D eigenvalue weighted by atomic mass is 32.2. The monoisotopic (exact) mass is 324 g/mol. The van der Waals surface area contributed by atoms with Gasteiger partial charge in [0.15, 0.2) is 9.84 Å². The molecule has 0 unspecified atom stereocenters. The summed E-state index contributed by atoms with van der Waals surface area (Å²) in [5.74, 6) is 0.0867. The van der Waals surface area contributed by atoms with E-state index in [1.54, 1.807) is 0 Å². The second-order valence-electron chi connectivity index (χ2n) is 5.37. The number of sulfone groups is 1. The van der Waals surface area contributed by atoms with E-state index < -0.39 is 9.84 Å². The Balaban J connectivity index is 1.85. The van der Waals surface area contributed by atoms with Crippen LogP contribution in [0.15, 0.2) is 29.2 Å². The lowest BCUT2D eigenvalue weighted by atomic mass is 9.84. The van der Waals surface area contributed by atoms with Crippen LogP contribution in [-0.2, 0) is 9.84 Å². The molecule has 0 aromatic heterocycles. The zero-order valence-corrected chi connectivity index (χ0v) is 13.8. The molecule has 0 amide bonds. The fraction of sp³-hybridized carbons (Fsp3) is 0.533. The summed E-state index contributed by atoms with van der Waals surface area (Å²) in [6, 6.07) is 8.07. The third kappa shape index (κ3) is 4.00. The Kier molecular flexibility index (Phi) is 5.31. The molecule has 6 heteroatoms. The summed E-state index contributed by atoms with van der Waals surface area (Å²) >= 11 is 1.87. The van der Waals surface area contributed by atoms with Crippen LogP contribution < -0.4 is 5.32 Å². The molecule has 0 spiro atoms. The van der Waals surface area contributed by atoms with Crippen LogP contribution in [0.25, 0.3) is 0 Å². The number of nitrogens with one attached hydrogen (secondary N) is 1. The summed E-state index contributed by atoms with van der Waals surface area (Å²) in [5, 5.41) is 12.0. The molecule has 1 aliphatic carbocycles. The molecular formula is C15H20N2O2S2. The van der Waals surface area contributed by atoms with Crippen LogP contribution in [0.1, 0.15) is 24.8 Å². The topological polar surface area (TPSA) is 70.0 Å². The average Bonchev–Trinajstić information content (AvgIpc) is 2.46. The Morgan fingerprint density at radius 3 is 2.48 bits per heavy atom. The fourth-order valence-electron chi connectivity index (χ4n) is 2.40. The van der Waals surface area contributed by atoms with Gasteiger partial charge < -0.3 is 5.32 Å². The van der Waals surface area contributed by atoms with Gasteiger partial charge in [0.25, 0.3) is 0 Å². The molecule has 1 saturated carbocycles. The van der Waals surface area contributed by atoms with Crippen LogP contribution in [0.2, 0.25) is 0 Å². The van der Waals surface area contributed by atoms with Gasteiger partial charge in [-0.3, -0.25) is 0 Å². The van der Waals surface area contributed by atoms with Crippen molar-refractivity contribution in [1.29, 1.82) is 5.26 Å². The molecule has 0 aliphatic heterocycles. The highest BCUT2D eigenvalue weighted by Gasteiger charge is 2.35. The standard InChI is InChI=1S/C15H20N2O2S2/c1-20-15(7-2-8-15)12-17-9-10-21(18,19)14-5-3-13(11-16)4-6-14/h3-6,17H,2,7-10,12H2,1H3. The van der Waals surface area contributed by atoms with E-state index in [0.717, 1.165) is 6.54 Å². The zero-order chi connectivity index (χ0) is 15.3. The maximum absolute atomic E-state index is 12.2. The Labute approximate surface area is 130 Å². The number of hydrogen-bond acceptors (Lipinski definition) is 5. The summed E-state index contributed by atoms with van der Waals surface area (Å²) in [7, 11) is -3.28. The first kappa shape index (κ1) is 16.3. The summed E-state index contributed by atoms with van der Waals surface area (Å²) in [4.78, 5) is 0.284. The minimum Gasteiger partial charge on any atom is -0.314 e. The van der Waals surface area contributed by atoms with Crippen LogP contribution in [0.5, 0.6) is 0 Å². The van der Waals surface area contributed by atoms with Crippen molar-refractivity contribution in [2.24, 2.45) is 0 Å². The number of nitriles is 1. The van der Waals surface area contributed by atoms with Crippen molar-refractivity contribution in [3.63, 3.8) is 0 Å². The van der Waals surface area contributed by atoms with E-state index in [1.165, 1.54) is 43.5 Å². The van der Waals surface area contributed by atoms with Crippen molar-refractivity contribution >= 4 is 21.6 Å². The molecule has 114 valence electrons. The van der Waals surface area contributed by atoms with Crippen molar-refractivity contribution in [2.75, 3.05) is 25.1 Å². The molecule has 4 nitrogen and oxygen atoms in total. The van der Waals surface area contributed by atoms with Gasteiger partial charge in [0, 0.05) is 17.8 Å². The van der Waals surface area contributed by atoms with E-state index in [2.05, 4.69) is 11.6 Å². The lowest BCUT2D eigenvalue weighted by Crippen LogP contribution is -2.44. The smallest absolute Gasteiger partial charge is 0.179 e. The van der Waals surface area contributed by atoms with Crippen molar-refractivity contribution in [3.8, 4) is 6.07 Å². The first-order valence-electron chi connectivity index (χ1n) is 7.00. The van der Waals surface area contributed by atoms with Crippen LogP contribution in [0, 0.1) is 11.3 Å². The normalized spacial score (nSPS) is 17.0. The molecule has 2 rings (SSSR count).